The number of aliphatic imine (C=N–C) groups is 2. The Morgan fingerprint density at radius 2 is 1.90 bits per heavy atom. The molecule has 1 saturated carbocycles. The molecule has 2 fully saturated rings. The number of aromatic hydroxyl groups is 1. The van der Waals surface area contributed by atoms with Gasteiger partial charge in [-0.2, -0.15) is 8.42 Å². The van der Waals surface area contributed by atoms with Crippen molar-refractivity contribution < 1.29 is 22.8 Å². The molecule has 8 nitrogen and oxygen atoms in total. The summed E-state index contributed by atoms with van der Waals surface area (Å²) in [7, 11) is -4.31. The first-order chi connectivity index (χ1) is 13.9. The van der Waals surface area contributed by atoms with Crippen LogP contribution in [0.3, 0.4) is 0 Å². The van der Waals surface area contributed by atoms with Gasteiger partial charge in [-0.1, -0.05) is 31.4 Å². The minimum absolute atomic E-state index is 0.403. The second-order valence-electron chi connectivity index (χ2n) is 7.25. The average Bonchev–Trinajstić information content (AvgIpc) is 2.71. The molecule has 0 atom stereocenters. The summed E-state index contributed by atoms with van der Waals surface area (Å²) in [5.41, 5.74) is 0.408. The summed E-state index contributed by atoms with van der Waals surface area (Å²) >= 11 is 0. The van der Waals surface area contributed by atoms with Crippen LogP contribution in [0.15, 0.2) is 33.1 Å². The Morgan fingerprint density at radius 1 is 1.21 bits per heavy atom. The molecule has 1 aliphatic heterocycles. The van der Waals surface area contributed by atoms with Gasteiger partial charge in [0.2, 0.25) is 0 Å². The van der Waals surface area contributed by atoms with Crippen molar-refractivity contribution in [1.82, 2.24) is 4.90 Å². The van der Waals surface area contributed by atoms with E-state index in [4.69, 9.17) is 9.29 Å². The zero-order valence-electron chi connectivity index (χ0n) is 17.0. The van der Waals surface area contributed by atoms with Crippen LogP contribution in [-0.2, 0) is 14.9 Å². The summed E-state index contributed by atoms with van der Waals surface area (Å²) in [6.07, 6.45) is 6.48. The van der Waals surface area contributed by atoms with Crippen molar-refractivity contribution in [2.45, 2.75) is 50.0 Å². The summed E-state index contributed by atoms with van der Waals surface area (Å²) in [6, 6.07) is 7.51. The molecule has 9 heteroatoms. The number of phenolic OH excluding ortho intramolecular Hbond substituents is 1. The highest BCUT2D eigenvalue weighted by Gasteiger charge is 2.15. The third-order valence-corrected chi connectivity index (χ3v) is 5.88. The van der Waals surface area contributed by atoms with Gasteiger partial charge in [0.25, 0.3) is 10.1 Å². The van der Waals surface area contributed by atoms with Crippen LogP contribution in [0, 0.1) is 6.92 Å². The van der Waals surface area contributed by atoms with Crippen molar-refractivity contribution in [3.05, 3.63) is 23.8 Å². The van der Waals surface area contributed by atoms with Crippen molar-refractivity contribution in [3.8, 4) is 5.75 Å². The van der Waals surface area contributed by atoms with Gasteiger partial charge in [-0.25, -0.2) is 9.98 Å². The molecule has 1 aliphatic carbocycles. The van der Waals surface area contributed by atoms with E-state index in [-0.39, 0.29) is 0 Å². The van der Waals surface area contributed by atoms with Crippen LogP contribution in [0.5, 0.6) is 5.75 Å². The molecule has 1 saturated heterocycles. The first-order valence-corrected chi connectivity index (χ1v) is 11.5. The molecule has 0 unspecified atom stereocenters. The number of phenols is 1. The lowest BCUT2D eigenvalue weighted by atomic mass is 9.96. The van der Waals surface area contributed by atoms with Crippen LogP contribution in [0.25, 0.3) is 0 Å². The fourth-order valence-corrected chi connectivity index (χ4v) is 3.89. The average molecular weight is 426 g/mol. The molecule has 0 bridgehead atoms. The number of nitrogens with zero attached hydrogens (tertiary/aromatic N) is 3. The molecule has 162 valence electrons. The van der Waals surface area contributed by atoms with Crippen LogP contribution >= 0.6 is 0 Å². The molecular formula is C20H31N3O5S. The zero-order valence-corrected chi connectivity index (χ0v) is 17.8. The largest absolute Gasteiger partial charge is 0.506 e. The fourth-order valence-electron chi connectivity index (χ4n) is 3.24. The first kappa shape index (κ1) is 23.5. The molecule has 2 N–H and O–H groups in total. The molecule has 0 amide bonds. The number of rotatable bonds is 5. The number of ether oxygens (including phenoxy) is 1. The Hall–Kier alpha value is -1.77. The minimum atomic E-state index is -4.31. The van der Waals surface area contributed by atoms with Crippen molar-refractivity contribution in [3.63, 3.8) is 0 Å². The van der Waals surface area contributed by atoms with Gasteiger partial charge in [-0.15, -0.1) is 0 Å². The summed E-state index contributed by atoms with van der Waals surface area (Å²) in [5, 5.41) is 9.19. The van der Waals surface area contributed by atoms with E-state index in [1.807, 2.05) is 0 Å². The Bertz CT molecular complexity index is 794. The molecule has 29 heavy (non-hydrogen) atoms. The van der Waals surface area contributed by atoms with Crippen molar-refractivity contribution in [2.24, 2.45) is 9.98 Å². The van der Waals surface area contributed by atoms with Gasteiger partial charge >= 0.3 is 0 Å². The van der Waals surface area contributed by atoms with E-state index in [2.05, 4.69) is 20.9 Å². The third-order valence-electron chi connectivity index (χ3n) is 5.00. The summed E-state index contributed by atoms with van der Waals surface area (Å²) in [5.74, 6) is -0.403. The molecule has 0 radical (unpaired) electrons. The molecule has 0 aromatic heterocycles. The molecule has 0 spiro atoms. The first-order valence-electron chi connectivity index (χ1n) is 10.1. The highest BCUT2D eigenvalue weighted by Crippen LogP contribution is 2.25. The van der Waals surface area contributed by atoms with Crippen molar-refractivity contribution in [2.75, 3.05) is 39.4 Å². The maximum atomic E-state index is 10.6. The van der Waals surface area contributed by atoms with Gasteiger partial charge in [-0.3, -0.25) is 9.45 Å². The quantitative estimate of drug-likeness (QED) is 0.554. The number of para-hydroxylation sites is 1. The number of hydrogen-bond donors (Lipinski definition) is 2. The van der Waals surface area contributed by atoms with E-state index in [1.54, 1.807) is 13.0 Å². The number of hydrogen-bond acceptors (Lipinski definition) is 7. The SMILES string of the molecule is C(=NCCN1CCOCC1)=NC1CCCCC1.Cc1cccc(S(=O)(=O)O)c1O. The Kier molecular flexibility index (Phi) is 9.76. The highest BCUT2D eigenvalue weighted by atomic mass is 32.2. The molecule has 3 rings (SSSR count). The van der Waals surface area contributed by atoms with Crippen molar-refractivity contribution >= 4 is 16.1 Å². The number of aryl methyl sites for hydroxylation is 1. The molecule has 1 aromatic carbocycles. The van der Waals surface area contributed by atoms with Crippen molar-refractivity contribution in [1.29, 1.82) is 0 Å². The zero-order chi connectivity index (χ0) is 21.1. The van der Waals surface area contributed by atoms with Crippen LogP contribution in [0.1, 0.15) is 37.7 Å². The maximum absolute atomic E-state index is 10.6. The van der Waals surface area contributed by atoms with E-state index < -0.39 is 20.8 Å². The van der Waals surface area contributed by atoms with Crippen LogP contribution in [0.4, 0.5) is 0 Å². The Balaban J connectivity index is 0.000000221. The topological polar surface area (TPSA) is 112 Å². The van der Waals surface area contributed by atoms with Gasteiger partial charge in [0.15, 0.2) is 0 Å². The van der Waals surface area contributed by atoms with Gasteiger partial charge in [0, 0.05) is 19.6 Å². The highest BCUT2D eigenvalue weighted by molar-refractivity contribution is 7.86. The Labute approximate surface area is 173 Å². The molecule has 1 heterocycles. The van der Waals surface area contributed by atoms with Gasteiger partial charge < -0.3 is 9.84 Å². The lowest BCUT2D eigenvalue weighted by molar-refractivity contribution is 0.0395. The van der Waals surface area contributed by atoms with E-state index in [0.29, 0.717) is 11.6 Å². The second-order valence-corrected chi connectivity index (χ2v) is 8.64. The number of morpholine rings is 1. The van der Waals surface area contributed by atoms with Gasteiger partial charge in [-0.05, 0) is 31.4 Å². The van der Waals surface area contributed by atoms with Gasteiger partial charge in [0.05, 0.1) is 31.8 Å². The molecular weight excluding hydrogens is 394 g/mol. The summed E-state index contributed by atoms with van der Waals surface area (Å²) < 4.78 is 35.1. The van der Waals surface area contributed by atoms with E-state index in [1.165, 1.54) is 38.2 Å². The summed E-state index contributed by atoms with van der Waals surface area (Å²) in [6.45, 7) is 7.17. The van der Waals surface area contributed by atoms with E-state index in [9.17, 15) is 13.5 Å². The molecule has 1 aromatic rings. The number of benzene rings is 1. The van der Waals surface area contributed by atoms with Crippen LogP contribution in [-0.4, -0.2) is 74.4 Å². The lowest BCUT2D eigenvalue weighted by Gasteiger charge is -2.25. The predicted molar refractivity (Wildman–Crippen MR) is 112 cm³/mol. The van der Waals surface area contributed by atoms with Crippen LogP contribution in [0.2, 0.25) is 0 Å². The second kappa shape index (κ2) is 12.0. The van der Waals surface area contributed by atoms with Gasteiger partial charge in [0.1, 0.15) is 10.6 Å². The Morgan fingerprint density at radius 3 is 2.52 bits per heavy atom. The normalized spacial score (nSPS) is 18.3. The third kappa shape index (κ3) is 8.64. The standard InChI is InChI=1S/C13H23N3O.C7H8O4S/c1-2-4-13(5-3-1)15-12-14-6-7-16-8-10-17-11-9-16;1-5-3-2-4-6(7(5)8)12(9,10)11/h13H,1-11H2;2-4,8H,1H3,(H,9,10,11). The van der Waals surface area contributed by atoms with E-state index >= 15 is 0 Å². The van der Waals surface area contributed by atoms with Crippen LogP contribution < -0.4 is 0 Å². The fraction of sp³-hybridized carbons (Fsp3) is 0.650. The monoisotopic (exact) mass is 425 g/mol. The van der Waals surface area contributed by atoms with E-state index in [0.717, 1.165) is 45.5 Å². The predicted octanol–water partition coefficient (Wildman–Crippen LogP) is 2.77. The summed E-state index contributed by atoms with van der Waals surface area (Å²) in [4.78, 5) is 10.6. The lowest BCUT2D eigenvalue weighted by Crippen LogP contribution is -2.37. The minimum Gasteiger partial charge on any atom is -0.506 e. The maximum Gasteiger partial charge on any atom is 0.298 e. The smallest absolute Gasteiger partial charge is 0.298 e. The molecule has 2 aliphatic rings.